The van der Waals surface area contributed by atoms with Crippen LogP contribution in [0.25, 0.3) is 0 Å². The molecule has 0 saturated carbocycles. The number of carboxylic acids is 1. The Balaban J connectivity index is 3.18. The maximum atomic E-state index is 10.5. The van der Waals surface area contributed by atoms with E-state index in [1.54, 1.807) is 13.8 Å². The summed E-state index contributed by atoms with van der Waals surface area (Å²) in [4.78, 5) is 14.5. The average molecular weight is 226 g/mol. The molecule has 0 fully saturated rings. The minimum atomic E-state index is -1.87. The van der Waals surface area contributed by atoms with E-state index in [4.69, 9.17) is 10.8 Å². The molecule has 1 aromatic rings. The summed E-state index contributed by atoms with van der Waals surface area (Å²) in [6.45, 7) is 3.26. The summed E-state index contributed by atoms with van der Waals surface area (Å²) in [6, 6.07) is 1.51. The molecule has 1 heterocycles. The monoisotopic (exact) mass is 226 g/mol. The van der Waals surface area contributed by atoms with E-state index in [1.165, 1.54) is 6.07 Å². The summed E-state index contributed by atoms with van der Waals surface area (Å²) in [7, 11) is 0. The third kappa shape index (κ3) is 2.29. The number of pyridine rings is 1. The molecule has 2 unspecified atom stereocenters. The number of aliphatic carboxylic acids is 1. The Morgan fingerprint density at radius 3 is 2.44 bits per heavy atom. The summed E-state index contributed by atoms with van der Waals surface area (Å²) < 4.78 is 0. The van der Waals surface area contributed by atoms with Gasteiger partial charge in [-0.05, 0) is 25.5 Å². The number of rotatable bonds is 3. The van der Waals surface area contributed by atoms with Crippen LogP contribution in [0.5, 0.6) is 0 Å². The quantitative estimate of drug-likeness (QED) is 0.565. The molecule has 6 heteroatoms. The van der Waals surface area contributed by atoms with Crippen molar-refractivity contribution in [2.24, 2.45) is 0 Å². The first-order valence-electron chi connectivity index (χ1n) is 4.67. The summed E-state index contributed by atoms with van der Waals surface area (Å²) in [5, 5.41) is 27.6. The Hall–Kier alpha value is -1.66. The molecule has 0 saturated heterocycles. The number of hydrogen-bond acceptors (Lipinski definition) is 5. The van der Waals surface area contributed by atoms with Gasteiger partial charge >= 0.3 is 5.97 Å². The fourth-order valence-corrected chi connectivity index (χ4v) is 1.61. The summed E-state index contributed by atoms with van der Waals surface area (Å²) in [5.74, 6) is -1.20. The van der Waals surface area contributed by atoms with Crippen molar-refractivity contribution in [1.29, 1.82) is 0 Å². The van der Waals surface area contributed by atoms with E-state index in [9.17, 15) is 15.0 Å². The molecule has 2 atom stereocenters. The van der Waals surface area contributed by atoms with E-state index in [1.807, 2.05) is 0 Å². The van der Waals surface area contributed by atoms with Crippen LogP contribution in [0.1, 0.15) is 22.9 Å². The molecular weight excluding hydrogens is 212 g/mol. The fraction of sp³-hybridized carbons (Fsp3) is 0.400. The highest BCUT2D eigenvalue weighted by atomic mass is 16.4. The van der Waals surface area contributed by atoms with Crippen LogP contribution < -0.4 is 5.73 Å². The molecule has 0 bridgehead atoms. The molecule has 0 aliphatic carbocycles. The first-order valence-corrected chi connectivity index (χ1v) is 4.67. The van der Waals surface area contributed by atoms with E-state index in [2.05, 4.69) is 4.98 Å². The first-order chi connectivity index (χ1) is 7.34. The van der Waals surface area contributed by atoms with Crippen LogP contribution in [0, 0.1) is 13.8 Å². The molecule has 1 rings (SSSR count). The number of nitrogens with zero attached hydrogens (tertiary/aromatic N) is 1. The smallest absolute Gasteiger partial charge is 0.335 e. The van der Waals surface area contributed by atoms with Gasteiger partial charge in [0.05, 0.1) is 0 Å². The van der Waals surface area contributed by atoms with Crippen LogP contribution in [0.15, 0.2) is 6.07 Å². The van der Waals surface area contributed by atoms with E-state index in [0.29, 0.717) is 16.8 Å². The number of aliphatic hydroxyl groups excluding tert-OH is 2. The van der Waals surface area contributed by atoms with Gasteiger partial charge in [-0.1, -0.05) is 0 Å². The number of aromatic nitrogens is 1. The third-order valence-electron chi connectivity index (χ3n) is 2.32. The summed E-state index contributed by atoms with van der Waals surface area (Å²) >= 11 is 0. The van der Waals surface area contributed by atoms with Gasteiger partial charge in [0.15, 0.2) is 6.10 Å². The van der Waals surface area contributed by atoms with Crippen molar-refractivity contribution in [2.45, 2.75) is 26.1 Å². The molecule has 0 radical (unpaired) electrons. The highest BCUT2D eigenvalue weighted by molar-refractivity contribution is 5.73. The normalized spacial score (nSPS) is 14.5. The van der Waals surface area contributed by atoms with Crippen LogP contribution in [-0.4, -0.2) is 32.4 Å². The molecule has 1 aromatic heterocycles. The predicted molar refractivity (Wildman–Crippen MR) is 56.7 cm³/mol. The second-order valence-corrected chi connectivity index (χ2v) is 3.59. The van der Waals surface area contributed by atoms with Crippen molar-refractivity contribution in [3.8, 4) is 0 Å². The minimum absolute atomic E-state index is 0.288. The van der Waals surface area contributed by atoms with Crippen LogP contribution in [-0.2, 0) is 4.79 Å². The number of carboxylic acid groups (broad SMARTS) is 1. The maximum absolute atomic E-state index is 10.5. The molecule has 0 aliphatic rings. The van der Waals surface area contributed by atoms with Gasteiger partial charge < -0.3 is 21.1 Å². The molecule has 16 heavy (non-hydrogen) atoms. The van der Waals surface area contributed by atoms with E-state index in [0.717, 1.165) is 0 Å². The van der Waals surface area contributed by atoms with E-state index < -0.39 is 18.2 Å². The first kappa shape index (κ1) is 12.4. The van der Waals surface area contributed by atoms with Gasteiger partial charge in [0, 0.05) is 11.3 Å². The zero-order valence-corrected chi connectivity index (χ0v) is 9.01. The van der Waals surface area contributed by atoms with Gasteiger partial charge in [-0.3, -0.25) is 0 Å². The molecule has 0 spiro atoms. The number of nitrogens with two attached hydrogens (primary N) is 1. The second-order valence-electron chi connectivity index (χ2n) is 3.59. The lowest BCUT2D eigenvalue weighted by Gasteiger charge is -2.18. The second kappa shape index (κ2) is 4.46. The van der Waals surface area contributed by atoms with Crippen LogP contribution in [0.4, 0.5) is 5.82 Å². The topological polar surface area (TPSA) is 117 Å². The average Bonchev–Trinajstić information content (AvgIpc) is 2.14. The Bertz CT molecular complexity index is 396. The Kier molecular flexibility index (Phi) is 3.46. The largest absolute Gasteiger partial charge is 0.479 e. The van der Waals surface area contributed by atoms with Crippen LogP contribution in [0.3, 0.4) is 0 Å². The molecule has 0 aliphatic heterocycles. The zero-order valence-electron chi connectivity index (χ0n) is 9.01. The van der Waals surface area contributed by atoms with Gasteiger partial charge in [-0.15, -0.1) is 0 Å². The van der Waals surface area contributed by atoms with Gasteiger partial charge in [0.2, 0.25) is 0 Å². The van der Waals surface area contributed by atoms with Crippen molar-refractivity contribution < 1.29 is 20.1 Å². The van der Waals surface area contributed by atoms with Crippen molar-refractivity contribution >= 4 is 11.8 Å². The van der Waals surface area contributed by atoms with E-state index >= 15 is 0 Å². The van der Waals surface area contributed by atoms with Crippen molar-refractivity contribution in [2.75, 3.05) is 5.73 Å². The lowest BCUT2D eigenvalue weighted by atomic mass is 9.98. The standard InChI is InChI=1S/C10H14N2O4/c1-4-3-6(11)12-5(2)7(4)8(13)9(14)10(15)16/h3,8-9,13-14H,1-2H3,(H2,11,12)(H,15,16). The number of aryl methyl sites for hydroxylation is 2. The van der Waals surface area contributed by atoms with Crippen LogP contribution >= 0.6 is 0 Å². The van der Waals surface area contributed by atoms with Crippen molar-refractivity contribution in [1.82, 2.24) is 4.98 Å². The minimum Gasteiger partial charge on any atom is -0.479 e. The number of aliphatic hydroxyl groups is 2. The van der Waals surface area contributed by atoms with Crippen LogP contribution in [0.2, 0.25) is 0 Å². The molecule has 6 nitrogen and oxygen atoms in total. The molecule has 0 aromatic carbocycles. The Morgan fingerprint density at radius 1 is 1.44 bits per heavy atom. The Morgan fingerprint density at radius 2 is 2.00 bits per heavy atom. The zero-order chi connectivity index (χ0) is 12.5. The van der Waals surface area contributed by atoms with Gasteiger partial charge in [-0.25, -0.2) is 9.78 Å². The van der Waals surface area contributed by atoms with Gasteiger partial charge in [-0.2, -0.15) is 0 Å². The SMILES string of the molecule is Cc1cc(N)nc(C)c1C(O)C(O)C(=O)O. The lowest BCUT2D eigenvalue weighted by Crippen LogP contribution is -2.28. The lowest BCUT2D eigenvalue weighted by molar-refractivity contribution is -0.153. The van der Waals surface area contributed by atoms with Gasteiger partial charge in [0.1, 0.15) is 11.9 Å². The number of hydrogen-bond donors (Lipinski definition) is 4. The number of anilines is 1. The highest BCUT2D eigenvalue weighted by Gasteiger charge is 2.28. The Labute approximate surface area is 92.4 Å². The van der Waals surface area contributed by atoms with Crippen molar-refractivity contribution in [3.63, 3.8) is 0 Å². The summed E-state index contributed by atoms with van der Waals surface area (Å²) in [5.41, 5.74) is 6.79. The summed E-state index contributed by atoms with van der Waals surface area (Å²) in [6.07, 6.45) is -3.38. The number of nitrogen functional groups attached to an aromatic ring is 1. The van der Waals surface area contributed by atoms with Crippen molar-refractivity contribution in [3.05, 3.63) is 22.9 Å². The number of carbonyl (C=O) groups is 1. The molecule has 5 N–H and O–H groups in total. The molecule has 0 amide bonds. The van der Waals surface area contributed by atoms with E-state index in [-0.39, 0.29) is 5.82 Å². The fourth-order valence-electron chi connectivity index (χ4n) is 1.61. The molecular formula is C10H14N2O4. The maximum Gasteiger partial charge on any atom is 0.335 e. The van der Waals surface area contributed by atoms with Gasteiger partial charge in [0.25, 0.3) is 0 Å². The molecule has 88 valence electrons. The predicted octanol–water partition coefficient (Wildman–Crippen LogP) is -0.240. The highest BCUT2D eigenvalue weighted by Crippen LogP contribution is 2.24. The third-order valence-corrected chi connectivity index (χ3v) is 2.32.